The van der Waals surface area contributed by atoms with E-state index in [0.717, 1.165) is 106 Å². The Morgan fingerprint density at radius 2 is 0.576 bits per heavy atom. The van der Waals surface area contributed by atoms with Crippen molar-refractivity contribution in [3.05, 3.63) is 261 Å². The summed E-state index contributed by atoms with van der Waals surface area (Å²) < 4.78 is 0. The predicted molar refractivity (Wildman–Crippen MR) is 274 cm³/mol. The molecule has 0 N–H and O–H groups in total. The fourth-order valence-corrected chi connectivity index (χ4v) is 8.97. The van der Waals surface area contributed by atoms with Crippen LogP contribution >= 0.6 is 0 Å². The fraction of sp³-hybridized carbons (Fsp3) is 0. The van der Waals surface area contributed by atoms with E-state index in [1.165, 1.54) is 0 Å². The van der Waals surface area contributed by atoms with E-state index >= 15 is 0 Å². The minimum atomic E-state index is 0.673. The molecule has 0 aliphatic heterocycles. The fourth-order valence-electron chi connectivity index (χ4n) is 8.97. The van der Waals surface area contributed by atoms with Gasteiger partial charge in [-0.1, -0.05) is 249 Å². The maximum atomic E-state index is 5.61. The van der Waals surface area contributed by atoms with E-state index in [2.05, 4.69) is 255 Å². The first-order valence-electron chi connectivity index (χ1n) is 22.4. The lowest BCUT2D eigenvalue weighted by Gasteiger charge is -2.23. The SMILES string of the molecule is c1ccc(-c2cc(-c3ccccc3-c3ccccc3)nc(-c3cccc(-c4ccc(-c5c(-c6ccccc6)c(-c6ccccc6)nc(-c6ccccc6)c5-c5ccccc5)cc4)c3)n2)cc1. The lowest BCUT2D eigenvalue weighted by atomic mass is 9.83. The molecule has 2 heterocycles. The highest BCUT2D eigenvalue weighted by molar-refractivity contribution is 6.05. The van der Waals surface area contributed by atoms with Gasteiger partial charge in [-0.05, 0) is 51.1 Å². The average molecular weight is 842 g/mol. The van der Waals surface area contributed by atoms with Gasteiger partial charge in [0.2, 0.25) is 0 Å². The number of nitrogens with zero attached hydrogens (tertiary/aromatic N) is 3. The van der Waals surface area contributed by atoms with Gasteiger partial charge in [0.1, 0.15) is 0 Å². The van der Waals surface area contributed by atoms with Gasteiger partial charge in [0.15, 0.2) is 5.82 Å². The molecule has 0 saturated carbocycles. The second kappa shape index (κ2) is 18.1. The molecule has 0 aliphatic carbocycles. The summed E-state index contributed by atoms with van der Waals surface area (Å²) >= 11 is 0. The summed E-state index contributed by atoms with van der Waals surface area (Å²) in [5.41, 5.74) is 19.9. The number of hydrogen-bond acceptors (Lipinski definition) is 3. The zero-order valence-electron chi connectivity index (χ0n) is 36.2. The van der Waals surface area contributed by atoms with E-state index in [1.54, 1.807) is 0 Å². The molecular formula is C63H43N3. The quantitative estimate of drug-likeness (QED) is 0.138. The van der Waals surface area contributed by atoms with Crippen molar-refractivity contribution in [3.63, 3.8) is 0 Å². The molecular weight excluding hydrogens is 799 g/mol. The Hall–Kier alpha value is -8.79. The standard InChI is InChI=1S/C63H43N3/c1-7-22-45(23-8-1)54-36-19-20-37-55(54)57-43-56(46-24-9-2-10-25-46)64-63(65-57)53-35-21-34-52(42-53)44-38-40-49(41-39-44)58-59(47-26-11-3-12-27-47)61(50-30-15-5-16-31-50)66-62(51-32-17-6-18-33-51)60(58)48-28-13-4-14-29-48/h1-43H. The van der Waals surface area contributed by atoms with Gasteiger partial charge in [0.25, 0.3) is 0 Å². The van der Waals surface area contributed by atoms with Crippen molar-refractivity contribution in [2.75, 3.05) is 0 Å². The molecule has 0 saturated heterocycles. The van der Waals surface area contributed by atoms with Crippen LogP contribution in [-0.4, -0.2) is 15.0 Å². The van der Waals surface area contributed by atoms with Gasteiger partial charge in [-0.25, -0.2) is 15.0 Å². The molecule has 11 rings (SSSR count). The minimum absolute atomic E-state index is 0.673. The van der Waals surface area contributed by atoms with E-state index in [9.17, 15) is 0 Å². The Morgan fingerprint density at radius 1 is 0.197 bits per heavy atom. The second-order valence-corrected chi connectivity index (χ2v) is 16.3. The first kappa shape index (κ1) is 40.0. The average Bonchev–Trinajstić information content (AvgIpc) is 3.41. The molecule has 9 aromatic carbocycles. The van der Waals surface area contributed by atoms with Gasteiger partial charge in [0, 0.05) is 44.5 Å². The topological polar surface area (TPSA) is 38.7 Å². The van der Waals surface area contributed by atoms with Crippen LogP contribution in [0.25, 0.3) is 112 Å². The molecule has 0 atom stereocenters. The first-order chi connectivity index (χ1) is 32.7. The third kappa shape index (κ3) is 8.02. The molecule has 0 amide bonds. The maximum Gasteiger partial charge on any atom is 0.160 e. The van der Waals surface area contributed by atoms with Gasteiger partial charge < -0.3 is 0 Å². The third-order valence-corrected chi connectivity index (χ3v) is 12.1. The molecule has 0 bridgehead atoms. The number of pyridine rings is 1. The van der Waals surface area contributed by atoms with Gasteiger partial charge in [-0.2, -0.15) is 0 Å². The van der Waals surface area contributed by atoms with Crippen LogP contribution in [0, 0.1) is 0 Å². The van der Waals surface area contributed by atoms with E-state index in [1.807, 2.05) is 6.07 Å². The van der Waals surface area contributed by atoms with Crippen molar-refractivity contribution in [2.24, 2.45) is 0 Å². The molecule has 3 nitrogen and oxygen atoms in total. The van der Waals surface area contributed by atoms with Crippen molar-refractivity contribution >= 4 is 0 Å². The van der Waals surface area contributed by atoms with E-state index in [-0.39, 0.29) is 0 Å². The summed E-state index contributed by atoms with van der Waals surface area (Å²) in [6.45, 7) is 0. The third-order valence-electron chi connectivity index (χ3n) is 12.1. The maximum absolute atomic E-state index is 5.61. The summed E-state index contributed by atoms with van der Waals surface area (Å²) in [5, 5.41) is 0. The minimum Gasteiger partial charge on any atom is -0.246 e. The summed E-state index contributed by atoms with van der Waals surface area (Å²) in [5.74, 6) is 0.673. The van der Waals surface area contributed by atoms with E-state index in [4.69, 9.17) is 15.0 Å². The smallest absolute Gasteiger partial charge is 0.160 e. The second-order valence-electron chi connectivity index (χ2n) is 16.3. The first-order valence-corrected chi connectivity index (χ1v) is 22.4. The Kier molecular flexibility index (Phi) is 11.0. The van der Waals surface area contributed by atoms with Crippen LogP contribution in [0.15, 0.2) is 261 Å². The zero-order valence-corrected chi connectivity index (χ0v) is 36.2. The lowest BCUT2D eigenvalue weighted by molar-refractivity contribution is 1.18. The number of hydrogen-bond donors (Lipinski definition) is 0. The molecule has 0 radical (unpaired) electrons. The van der Waals surface area contributed by atoms with Crippen molar-refractivity contribution in [3.8, 4) is 112 Å². The van der Waals surface area contributed by atoms with Gasteiger partial charge in [-0.3, -0.25) is 0 Å². The van der Waals surface area contributed by atoms with E-state index < -0.39 is 0 Å². The summed E-state index contributed by atoms with van der Waals surface area (Å²) in [6.07, 6.45) is 0. The highest BCUT2D eigenvalue weighted by Crippen LogP contribution is 2.49. The molecule has 11 aromatic rings. The summed E-state index contributed by atoms with van der Waals surface area (Å²) in [6, 6.07) is 91.7. The van der Waals surface area contributed by atoms with Crippen LogP contribution in [0.1, 0.15) is 0 Å². The normalized spacial score (nSPS) is 11.0. The molecule has 0 aliphatic rings. The molecule has 0 spiro atoms. The Bertz CT molecular complexity index is 3310. The number of benzene rings is 9. The lowest BCUT2D eigenvalue weighted by Crippen LogP contribution is -2.01. The molecule has 0 unspecified atom stereocenters. The van der Waals surface area contributed by atoms with Crippen molar-refractivity contribution in [1.82, 2.24) is 15.0 Å². The molecule has 3 heteroatoms. The van der Waals surface area contributed by atoms with Crippen LogP contribution in [-0.2, 0) is 0 Å². The van der Waals surface area contributed by atoms with Crippen molar-refractivity contribution in [1.29, 1.82) is 0 Å². The molecule has 0 fully saturated rings. The van der Waals surface area contributed by atoms with Crippen LogP contribution in [0.2, 0.25) is 0 Å². The highest BCUT2D eigenvalue weighted by Gasteiger charge is 2.25. The Labute approximate surface area is 386 Å². The molecule has 310 valence electrons. The molecule has 2 aromatic heterocycles. The van der Waals surface area contributed by atoms with Crippen LogP contribution in [0.4, 0.5) is 0 Å². The van der Waals surface area contributed by atoms with Gasteiger partial charge in [0.05, 0.1) is 22.8 Å². The van der Waals surface area contributed by atoms with Gasteiger partial charge >= 0.3 is 0 Å². The van der Waals surface area contributed by atoms with Crippen molar-refractivity contribution in [2.45, 2.75) is 0 Å². The van der Waals surface area contributed by atoms with Crippen molar-refractivity contribution < 1.29 is 0 Å². The monoisotopic (exact) mass is 841 g/mol. The van der Waals surface area contributed by atoms with Crippen LogP contribution < -0.4 is 0 Å². The van der Waals surface area contributed by atoms with Gasteiger partial charge in [-0.15, -0.1) is 0 Å². The highest BCUT2D eigenvalue weighted by atomic mass is 14.9. The Morgan fingerprint density at radius 3 is 1.11 bits per heavy atom. The largest absolute Gasteiger partial charge is 0.246 e. The summed E-state index contributed by atoms with van der Waals surface area (Å²) in [4.78, 5) is 16.1. The van der Waals surface area contributed by atoms with Crippen LogP contribution in [0.3, 0.4) is 0 Å². The van der Waals surface area contributed by atoms with E-state index in [0.29, 0.717) is 5.82 Å². The summed E-state index contributed by atoms with van der Waals surface area (Å²) in [7, 11) is 0. The molecule has 66 heavy (non-hydrogen) atoms. The van der Waals surface area contributed by atoms with Crippen LogP contribution in [0.5, 0.6) is 0 Å². The number of aromatic nitrogens is 3. The number of rotatable bonds is 10. The predicted octanol–water partition coefficient (Wildman–Crippen LogP) is 16.5. The Balaban J connectivity index is 1.07. The zero-order chi connectivity index (χ0) is 44.1.